The fraction of sp³-hybridized carbons (Fsp3) is 0.667. The Morgan fingerprint density at radius 1 is 1.55 bits per heavy atom. The van der Waals surface area contributed by atoms with Gasteiger partial charge in [-0.3, -0.25) is 10.1 Å². The van der Waals surface area contributed by atoms with Crippen molar-refractivity contribution in [3.8, 4) is 0 Å². The smallest absolute Gasteiger partial charge is 0.333 e. The van der Waals surface area contributed by atoms with Crippen LogP contribution < -0.4 is 5.32 Å². The van der Waals surface area contributed by atoms with Gasteiger partial charge in [0.05, 0.1) is 12.0 Å². The molecule has 8 nitrogen and oxygen atoms in total. The highest BCUT2D eigenvalue weighted by atomic mass is 16.6. The van der Waals surface area contributed by atoms with E-state index in [9.17, 15) is 14.9 Å². The van der Waals surface area contributed by atoms with Gasteiger partial charge in [0.2, 0.25) is 5.82 Å². The number of esters is 1. The third-order valence-electron chi connectivity index (χ3n) is 2.99. The van der Waals surface area contributed by atoms with Crippen LogP contribution >= 0.6 is 0 Å². The van der Waals surface area contributed by atoms with Gasteiger partial charge in [-0.1, -0.05) is 13.8 Å². The van der Waals surface area contributed by atoms with Crippen LogP contribution in [0.3, 0.4) is 0 Å². The molecular formula is C12H20N4O4. The molecule has 1 N–H and O–H groups in total. The summed E-state index contributed by atoms with van der Waals surface area (Å²) in [5.74, 6) is -0.308. The molecule has 0 aliphatic rings. The van der Waals surface area contributed by atoms with Gasteiger partial charge in [0.25, 0.3) is 0 Å². The van der Waals surface area contributed by atoms with Crippen LogP contribution in [0, 0.1) is 23.0 Å². The number of methoxy groups -OCH3 is 1. The maximum absolute atomic E-state index is 11.8. The minimum absolute atomic E-state index is 0.0810. The van der Waals surface area contributed by atoms with E-state index in [1.165, 1.54) is 11.8 Å². The van der Waals surface area contributed by atoms with Gasteiger partial charge in [-0.25, -0.2) is 9.48 Å². The zero-order valence-electron chi connectivity index (χ0n) is 12.3. The summed E-state index contributed by atoms with van der Waals surface area (Å²) in [5, 5.41) is 18.2. The number of carbonyl (C=O) groups is 1. The van der Waals surface area contributed by atoms with Crippen molar-refractivity contribution >= 4 is 17.5 Å². The molecule has 0 amide bonds. The molecular weight excluding hydrogens is 264 g/mol. The summed E-state index contributed by atoms with van der Waals surface area (Å²) in [5.41, 5.74) is 0.202. The van der Waals surface area contributed by atoms with E-state index >= 15 is 0 Å². The first-order valence-electron chi connectivity index (χ1n) is 6.39. The second kappa shape index (κ2) is 6.36. The van der Waals surface area contributed by atoms with Crippen molar-refractivity contribution in [3.05, 3.63) is 15.8 Å². The van der Waals surface area contributed by atoms with Crippen molar-refractivity contribution in [2.75, 3.05) is 12.4 Å². The van der Waals surface area contributed by atoms with E-state index in [1.807, 2.05) is 20.8 Å². The lowest BCUT2D eigenvalue weighted by Crippen LogP contribution is -2.36. The highest BCUT2D eigenvalue weighted by Crippen LogP contribution is 2.29. The number of ether oxygens (including phenoxy) is 1. The molecule has 1 heterocycles. The molecule has 0 saturated carbocycles. The van der Waals surface area contributed by atoms with Crippen molar-refractivity contribution in [2.24, 2.45) is 5.92 Å². The number of aryl methyl sites for hydroxylation is 2. The van der Waals surface area contributed by atoms with Crippen LogP contribution in [0.2, 0.25) is 0 Å². The normalized spacial score (nSPS) is 12.3. The Kier molecular flexibility index (Phi) is 5.06. The number of carbonyl (C=O) groups excluding carboxylic acids is 1. The molecule has 1 atom stereocenters. The van der Waals surface area contributed by atoms with Crippen molar-refractivity contribution in [2.45, 2.75) is 40.3 Å². The zero-order chi connectivity index (χ0) is 15.4. The largest absolute Gasteiger partial charge is 0.467 e. The lowest BCUT2D eigenvalue weighted by Gasteiger charge is -2.20. The molecule has 0 aromatic carbocycles. The molecule has 0 aliphatic carbocycles. The van der Waals surface area contributed by atoms with E-state index < -0.39 is 16.9 Å². The molecule has 1 unspecified atom stereocenters. The van der Waals surface area contributed by atoms with Crippen molar-refractivity contribution < 1.29 is 14.5 Å². The van der Waals surface area contributed by atoms with Crippen molar-refractivity contribution in [1.82, 2.24) is 9.78 Å². The molecule has 20 heavy (non-hydrogen) atoms. The quantitative estimate of drug-likeness (QED) is 0.485. The van der Waals surface area contributed by atoms with Crippen LogP contribution in [-0.2, 0) is 16.1 Å². The molecule has 112 valence electrons. The first-order chi connectivity index (χ1) is 9.33. The maximum atomic E-state index is 11.8. The summed E-state index contributed by atoms with van der Waals surface area (Å²) in [4.78, 5) is 22.4. The number of hydrogen-bond donors (Lipinski definition) is 1. The highest BCUT2D eigenvalue weighted by molar-refractivity contribution is 5.80. The van der Waals surface area contributed by atoms with Gasteiger partial charge in [0, 0.05) is 6.54 Å². The minimum Gasteiger partial charge on any atom is -0.467 e. The van der Waals surface area contributed by atoms with Crippen LogP contribution in [-0.4, -0.2) is 33.8 Å². The lowest BCUT2D eigenvalue weighted by atomic mass is 10.0. The van der Waals surface area contributed by atoms with Gasteiger partial charge in [0.1, 0.15) is 11.7 Å². The van der Waals surface area contributed by atoms with E-state index in [-0.39, 0.29) is 17.4 Å². The number of rotatable bonds is 6. The average molecular weight is 284 g/mol. The fourth-order valence-corrected chi connectivity index (χ4v) is 1.93. The first kappa shape index (κ1) is 15.9. The monoisotopic (exact) mass is 284 g/mol. The third-order valence-corrected chi connectivity index (χ3v) is 2.99. The third kappa shape index (κ3) is 3.06. The Labute approximate surface area is 117 Å². The van der Waals surface area contributed by atoms with Crippen LogP contribution in [0.5, 0.6) is 0 Å². The predicted octanol–water partition coefficient (Wildman–Crippen LogP) is 1.73. The molecule has 0 bridgehead atoms. The molecule has 0 aliphatic heterocycles. The number of nitrogens with zero attached hydrogens (tertiary/aromatic N) is 3. The Morgan fingerprint density at radius 2 is 2.15 bits per heavy atom. The van der Waals surface area contributed by atoms with Crippen LogP contribution in [0.25, 0.3) is 0 Å². The van der Waals surface area contributed by atoms with E-state index in [2.05, 4.69) is 10.4 Å². The van der Waals surface area contributed by atoms with Gasteiger partial charge in [0.15, 0.2) is 0 Å². The minimum atomic E-state index is -0.667. The molecule has 1 rings (SSSR count). The Morgan fingerprint density at radius 3 is 2.55 bits per heavy atom. The summed E-state index contributed by atoms with van der Waals surface area (Å²) in [6.07, 6.45) is 0. The molecule has 0 fully saturated rings. The molecule has 0 saturated heterocycles. The SMILES string of the molecule is CCn1nc(C)c([N+](=O)[O-])c1NC(C(=O)OC)C(C)C. The molecule has 1 aromatic heterocycles. The second-order valence-electron chi connectivity index (χ2n) is 4.74. The topological polar surface area (TPSA) is 99.3 Å². The highest BCUT2D eigenvalue weighted by Gasteiger charge is 2.31. The number of aromatic nitrogens is 2. The lowest BCUT2D eigenvalue weighted by molar-refractivity contribution is -0.384. The summed E-state index contributed by atoms with van der Waals surface area (Å²) in [6.45, 7) is 7.52. The summed E-state index contributed by atoms with van der Waals surface area (Å²) >= 11 is 0. The van der Waals surface area contributed by atoms with E-state index in [1.54, 1.807) is 6.92 Å². The Balaban J connectivity index is 3.24. The first-order valence-corrected chi connectivity index (χ1v) is 6.39. The number of anilines is 1. The maximum Gasteiger partial charge on any atom is 0.333 e. The van der Waals surface area contributed by atoms with Gasteiger partial charge < -0.3 is 10.1 Å². The number of nitrogens with one attached hydrogen (secondary N) is 1. The second-order valence-corrected chi connectivity index (χ2v) is 4.74. The van der Waals surface area contributed by atoms with Gasteiger partial charge >= 0.3 is 11.7 Å². The van der Waals surface area contributed by atoms with Crippen molar-refractivity contribution in [3.63, 3.8) is 0 Å². The van der Waals surface area contributed by atoms with Gasteiger partial charge in [-0.05, 0) is 19.8 Å². The van der Waals surface area contributed by atoms with Gasteiger partial charge in [-0.15, -0.1) is 0 Å². The Hall–Kier alpha value is -2.12. The van der Waals surface area contributed by atoms with Crippen LogP contribution in [0.1, 0.15) is 26.5 Å². The standard InChI is InChI=1S/C12H20N4O4/c1-6-15-11(10(16(18)19)8(4)14-15)13-9(7(2)3)12(17)20-5/h7,9,13H,6H2,1-5H3. The average Bonchev–Trinajstić information content (AvgIpc) is 2.70. The van der Waals surface area contributed by atoms with Crippen molar-refractivity contribution in [1.29, 1.82) is 0 Å². The molecule has 1 aromatic rings. The van der Waals surface area contributed by atoms with E-state index in [0.29, 0.717) is 12.2 Å². The molecule has 0 spiro atoms. The molecule has 0 radical (unpaired) electrons. The number of nitro groups is 1. The van der Waals surface area contributed by atoms with Crippen LogP contribution in [0.15, 0.2) is 0 Å². The summed E-state index contributed by atoms with van der Waals surface area (Å²) in [6, 6.07) is -0.667. The van der Waals surface area contributed by atoms with E-state index in [0.717, 1.165) is 0 Å². The van der Waals surface area contributed by atoms with E-state index in [4.69, 9.17) is 4.74 Å². The number of hydrogen-bond acceptors (Lipinski definition) is 6. The van der Waals surface area contributed by atoms with Gasteiger partial charge in [-0.2, -0.15) is 5.10 Å². The Bertz CT molecular complexity index is 510. The molecule has 8 heteroatoms. The van der Waals surface area contributed by atoms with Crippen LogP contribution in [0.4, 0.5) is 11.5 Å². The fourth-order valence-electron chi connectivity index (χ4n) is 1.93. The zero-order valence-corrected chi connectivity index (χ0v) is 12.3. The summed E-state index contributed by atoms with van der Waals surface area (Å²) < 4.78 is 6.20. The predicted molar refractivity (Wildman–Crippen MR) is 73.6 cm³/mol. The summed E-state index contributed by atoms with van der Waals surface area (Å²) in [7, 11) is 1.29.